The summed E-state index contributed by atoms with van der Waals surface area (Å²) in [4.78, 5) is 15.5. The molecule has 0 saturated carbocycles. The number of nitrogens with one attached hydrogen (secondary N) is 2. The molecule has 9 nitrogen and oxygen atoms in total. The smallest absolute Gasteiger partial charge is 0.417 e. The van der Waals surface area contributed by atoms with Crippen LogP contribution in [0.15, 0.2) is 54.0 Å². The van der Waals surface area contributed by atoms with Gasteiger partial charge in [0.1, 0.15) is 0 Å². The Labute approximate surface area is 155 Å². The molecule has 0 aliphatic carbocycles. The van der Waals surface area contributed by atoms with Crippen LogP contribution >= 0.6 is 15.9 Å². The van der Waals surface area contributed by atoms with Gasteiger partial charge >= 0.3 is 5.76 Å². The largest absolute Gasteiger partial charge is 0.503 e. The summed E-state index contributed by atoms with van der Waals surface area (Å²) < 4.78 is 34.7. The molecule has 0 aliphatic rings. The van der Waals surface area contributed by atoms with Crippen molar-refractivity contribution < 1.29 is 22.7 Å². The van der Waals surface area contributed by atoms with Crippen LogP contribution in [0.3, 0.4) is 0 Å². The van der Waals surface area contributed by atoms with Crippen LogP contribution in [0.4, 0.5) is 0 Å². The van der Waals surface area contributed by atoms with Gasteiger partial charge in [-0.15, -0.1) is 0 Å². The van der Waals surface area contributed by atoms with E-state index in [9.17, 15) is 18.3 Å². The van der Waals surface area contributed by atoms with E-state index in [-0.39, 0.29) is 22.0 Å². The highest BCUT2D eigenvalue weighted by molar-refractivity contribution is 9.10. The zero-order valence-corrected chi connectivity index (χ0v) is 15.6. The standard InChI is InChI=1S/C15H12BrN3O6S/c1-24-11-5-2-8(13(16)14(11)20)7-17-19-26(22,23)9-3-4-10-12(6-9)25-15(21)18-10/h2-7,19-20H,1H3,(H,18,21)/b17-7+. The lowest BCUT2D eigenvalue weighted by molar-refractivity contribution is 0.372. The molecule has 0 saturated heterocycles. The number of aromatic nitrogens is 1. The monoisotopic (exact) mass is 441 g/mol. The van der Waals surface area contributed by atoms with E-state index in [2.05, 4.69) is 26.0 Å². The molecular formula is C15H12BrN3O6S. The lowest BCUT2D eigenvalue weighted by Crippen LogP contribution is -2.18. The molecule has 0 amide bonds. The number of methoxy groups -OCH3 is 1. The molecule has 0 unspecified atom stereocenters. The molecule has 1 aromatic heterocycles. The molecule has 3 N–H and O–H groups in total. The summed E-state index contributed by atoms with van der Waals surface area (Å²) in [6.45, 7) is 0. The number of rotatable bonds is 5. The Hall–Kier alpha value is -2.79. The van der Waals surface area contributed by atoms with E-state index in [1.54, 1.807) is 6.07 Å². The summed E-state index contributed by atoms with van der Waals surface area (Å²) in [6, 6.07) is 7.02. The van der Waals surface area contributed by atoms with Crippen molar-refractivity contribution in [2.75, 3.05) is 7.11 Å². The van der Waals surface area contributed by atoms with Gasteiger partial charge in [0.15, 0.2) is 17.1 Å². The zero-order valence-electron chi connectivity index (χ0n) is 13.2. The third kappa shape index (κ3) is 3.44. The topological polar surface area (TPSA) is 134 Å². The van der Waals surface area contributed by atoms with Crippen molar-refractivity contribution >= 4 is 43.3 Å². The predicted molar refractivity (Wildman–Crippen MR) is 97.1 cm³/mol. The lowest BCUT2D eigenvalue weighted by atomic mass is 10.2. The fourth-order valence-corrected chi connectivity index (χ4v) is 3.37. The second-order valence-electron chi connectivity index (χ2n) is 5.05. The summed E-state index contributed by atoms with van der Waals surface area (Å²) >= 11 is 3.18. The van der Waals surface area contributed by atoms with Gasteiger partial charge in [0.05, 0.1) is 28.2 Å². The molecule has 0 radical (unpaired) electrons. The number of aromatic hydroxyl groups is 1. The molecule has 0 aliphatic heterocycles. The Morgan fingerprint density at radius 2 is 2.12 bits per heavy atom. The van der Waals surface area contributed by atoms with Crippen LogP contribution in [-0.4, -0.2) is 31.8 Å². The minimum Gasteiger partial charge on any atom is -0.503 e. The normalized spacial score (nSPS) is 11.9. The van der Waals surface area contributed by atoms with Crippen LogP contribution in [0, 0.1) is 0 Å². The number of phenols is 1. The summed E-state index contributed by atoms with van der Waals surface area (Å²) in [5.74, 6) is -0.548. The number of hydrogen-bond acceptors (Lipinski definition) is 7. The van der Waals surface area contributed by atoms with Gasteiger partial charge in [0.2, 0.25) is 0 Å². The average Bonchev–Trinajstić information content (AvgIpc) is 2.98. The Morgan fingerprint density at radius 3 is 2.85 bits per heavy atom. The fourth-order valence-electron chi connectivity index (χ4n) is 2.14. The Bertz CT molecular complexity index is 1170. The predicted octanol–water partition coefficient (Wildman–Crippen LogP) is 1.91. The molecule has 0 fully saturated rings. The first-order chi connectivity index (χ1) is 12.3. The maximum absolute atomic E-state index is 12.3. The van der Waals surface area contributed by atoms with Crippen molar-refractivity contribution in [3.8, 4) is 11.5 Å². The molecule has 2 aromatic carbocycles. The molecular weight excluding hydrogens is 430 g/mol. The number of ether oxygens (including phenoxy) is 1. The molecule has 0 atom stereocenters. The van der Waals surface area contributed by atoms with Gasteiger partial charge in [-0.25, -0.2) is 9.63 Å². The number of nitrogens with zero attached hydrogens (tertiary/aromatic N) is 1. The van der Waals surface area contributed by atoms with E-state index in [1.807, 2.05) is 4.83 Å². The van der Waals surface area contributed by atoms with E-state index >= 15 is 0 Å². The van der Waals surface area contributed by atoms with E-state index < -0.39 is 15.8 Å². The minimum absolute atomic E-state index is 0.115. The summed E-state index contributed by atoms with van der Waals surface area (Å²) in [7, 11) is -2.57. The fraction of sp³-hybridized carbons (Fsp3) is 0.0667. The van der Waals surface area contributed by atoms with Gasteiger partial charge in [-0.1, -0.05) is 0 Å². The molecule has 136 valence electrons. The maximum atomic E-state index is 12.3. The van der Waals surface area contributed by atoms with Crippen molar-refractivity contribution in [1.82, 2.24) is 9.82 Å². The van der Waals surface area contributed by atoms with Crippen molar-refractivity contribution in [3.63, 3.8) is 0 Å². The number of hydrogen-bond donors (Lipinski definition) is 3. The van der Waals surface area contributed by atoms with Gasteiger partial charge in [-0.05, 0) is 40.2 Å². The number of H-pyrrole nitrogens is 1. The Balaban J connectivity index is 1.84. The lowest BCUT2D eigenvalue weighted by Gasteiger charge is -2.07. The molecule has 0 spiro atoms. The second kappa shape index (κ2) is 6.84. The quantitative estimate of drug-likeness (QED) is 0.408. The number of oxazole rings is 1. The number of halogens is 1. The van der Waals surface area contributed by atoms with Crippen LogP contribution in [-0.2, 0) is 10.0 Å². The molecule has 26 heavy (non-hydrogen) atoms. The van der Waals surface area contributed by atoms with E-state index in [0.717, 1.165) is 0 Å². The van der Waals surface area contributed by atoms with Crippen LogP contribution in [0.1, 0.15) is 5.56 Å². The van der Waals surface area contributed by atoms with Crippen LogP contribution < -0.4 is 15.3 Å². The SMILES string of the molecule is COc1ccc(/C=N/NS(=O)(=O)c2ccc3[nH]c(=O)oc3c2)c(Br)c1O. The van der Waals surface area contributed by atoms with E-state index in [0.29, 0.717) is 15.6 Å². The average molecular weight is 442 g/mol. The minimum atomic E-state index is -3.97. The highest BCUT2D eigenvalue weighted by Gasteiger charge is 2.15. The number of aromatic amines is 1. The zero-order chi connectivity index (χ0) is 18.9. The van der Waals surface area contributed by atoms with E-state index in [1.165, 1.54) is 37.6 Å². The second-order valence-corrected chi connectivity index (χ2v) is 7.50. The number of sulfonamides is 1. The first-order valence-electron chi connectivity index (χ1n) is 7.05. The summed E-state index contributed by atoms with van der Waals surface area (Å²) in [6.07, 6.45) is 1.22. The molecule has 11 heteroatoms. The molecule has 3 rings (SSSR count). The highest BCUT2D eigenvalue weighted by Crippen LogP contribution is 2.35. The van der Waals surface area contributed by atoms with Gasteiger partial charge in [-0.2, -0.15) is 13.5 Å². The first-order valence-corrected chi connectivity index (χ1v) is 9.32. The number of fused-ring (bicyclic) bond motifs is 1. The van der Waals surface area contributed by atoms with Gasteiger partial charge in [0, 0.05) is 11.6 Å². The number of phenolic OH excluding ortho intramolecular Hbond substituents is 1. The Morgan fingerprint density at radius 1 is 1.35 bits per heavy atom. The van der Waals surface area contributed by atoms with Gasteiger partial charge < -0.3 is 14.3 Å². The Kier molecular flexibility index (Phi) is 4.74. The molecule has 1 heterocycles. The van der Waals surface area contributed by atoms with Crippen molar-refractivity contribution in [3.05, 3.63) is 50.9 Å². The van der Waals surface area contributed by atoms with Gasteiger partial charge in [0.25, 0.3) is 10.0 Å². The van der Waals surface area contributed by atoms with Crippen LogP contribution in [0.25, 0.3) is 11.1 Å². The summed E-state index contributed by atoms with van der Waals surface area (Å²) in [5, 5.41) is 13.6. The number of benzene rings is 2. The van der Waals surface area contributed by atoms with Gasteiger partial charge in [-0.3, -0.25) is 4.98 Å². The number of hydrazone groups is 1. The first kappa shape index (κ1) is 18.0. The third-order valence-corrected chi connectivity index (χ3v) is 5.46. The highest BCUT2D eigenvalue weighted by atomic mass is 79.9. The van der Waals surface area contributed by atoms with Crippen molar-refractivity contribution in [2.24, 2.45) is 5.10 Å². The van der Waals surface area contributed by atoms with Crippen LogP contribution in [0.5, 0.6) is 11.5 Å². The summed E-state index contributed by atoms with van der Waals surface area (Å²) in [5.41, 5.74) is 0.929. The van der Waals surface area contributed by atoms with Crippen molar-refractivity contribution in [2.45, 2.75) is 4.90 Å². The molecule has 3 aromatic rings. The molecule has 0 bridgehead atoms. The van der Waals surface area contributed by atoms with Crippen LogP contribution in [0.2, 0.25) is 0 Å². The maximum Gasteiger partial charge on any atom is 0.417 e. The third-order valence-electron chi connectivity index (χ3n) is 3.41. The van der Waals surface area contributed by atoms with E-state index in [4.69, 9.17) is 9.15 Å². The van der Waals surface area contributed by atoms with Crippen molar-refractivity contribution in [1.29, 1.82) is 0 Å².